The Balaban J connectivity index is 0.00000363. The topological polar surface area (TPSA) is 97.5 Å². The monoisotopic (exact) mass is 550 g/mol. The number of nitrogens with zero attached hydrogens (tertiary/aromatic N) is 4. The van der Waals surface area contributed by atoms with Crippen LogP contribution in [-0.2, 0) is 13.0 Å². The van der Waals surface area contributed by atoms with Gasteiger partial charge in [0.25, 0.3) is 5.89 Å². The summed E-state index contributed by atoms with van der Waals surface area (Å²) in [5.41, 5.74) is 2.91. The fourth-order valence-corrected chi connectivity index (χ4v) is 2.89. The minimum atomic E-state index is 0. The van der Waals surface area contributed by atoms with E-state index in [-0.39, 0.29) is 24.0 Å². The molecule has 0 amide bonds. The Morgan fingerprint density at radius 3 is 2.78 bits per heavy atom. The number of nitrogens with one attached hydrogen (secondary N) is 2. The second kappa shape index (κ2) is 13.7. The predicted molar refractivity (Wildman–Crippen MR) is 136 cm³/mol. The van der Waals surface area contributed by atoms with E-state index in [1.54, 1.807) is 6.20 Å². The molecular weight excluding hydrogens is 519 g/mol. The number of benzene rings is 1. The first-order valence-electron chi connectivity index (χ1n) is 10.7. The van der Waals surface area contributed by atoms with Crippen molar-refractivity contribution < 1.29 is 9.26 Å². The highest BCUT2D eigenvalue weighted by Gasteiger charge is 2.10. The Morgan fingerprint density at radius 1 is 1.16 bits per heavy atom. The molecule has 0 aliphatic heterocycles. The van der Waals surface area contributed by atoms with Gasteiger partial charge in [0.1, 0.15) is 11.4 Å². The van der Waals surface area contributed by atoms with Crippen molar-refractivity contribution in [2.75, 3.05) is 19.7 Å². The fraction of sp³-hybridized carbons (Fsp3) is 0.391. The SMILES string of the molecule is CCCOc1cc(C)ccc1CN=C(NCC)NCCc1noc(-c2ccccn2)n1.I. The Morgan fingerprint density at radius 2 is 2.03 bits per heavy atom. The number of guanidine groups is 1. The molecule has 0 radical (unpaired) electrons. The molecule has 0 saturated carbocycles. The molecule has 0 aliphatic rings. The highest BCUT2D eigenvalue weighted by molar-refractivity contribution is 14.0. The number of rotatable bonds is 10. The van der Waals surface area contributed by atoms with Gasteiger partial charge in [-0.2, -0.15) is 4.98 Å². The second-order valence-electron chi connectivity index (χ2n) is 7.06. The van der Waals surface area contributed by atoms with Gasteiger partial charge in [-0.1, -0.05) is 30.3 Å². The molecule has 172 valence electrons. The maximum Gasteiger partial charge on any atom is 0.276 e. The predicted octanol–water partition coefficient (Wildman–Crippen LogP) is 4.14. The van der Waals surface area contributed by atoms with E-state index >= 15 is 0 Å². The number of ether oxygens (including phenoxy) is 1. The lowest BCUT2D eigenvalue weighted by atomic mass is 10.1. The van der Waals surface area contributed by atoms with E-state index in [4.69, 9.17) is 14.3 Å². The third kappa shape index (κ3) is 7.77. The summed E-state index contributed by atoms with van der Waals surface area (Å²) in [5.74, 6) is 2.68. The van der Waals surface area contributed by atoms with E-state index in [2.05, 4.69) is 57.8 Å². The average molecular weight is 550 g/mol. The van der Waals surface area contributed by atoms with Gasteiger partial charge < -0.3 is 19.9 Å². The Bertz CT molecular complexity index is 978. The van der Waals surface area contributed by atoms with Gasteiger partial charge in [0, 0.05) is 31.3 Å². The van der Waals surface area contributed by atoms with Crippen LogP contribution in [-0.4, -0.2) is 40.8 Å². The molecule has 0 fully saturated rings. The van der Waals surface area contributed by atoms with Crippen molar-refractivity contribution in [3.8, 4) is 17.3 Å². The molecule has 3 aromatic rings. The molecule has 2 heterocycles. The van der Waals surface area contributed by atoms with E-state index in [0.29, 0.717) is 43.5 Å². The average Bonchev–Trinajstić information content (AvgIpc) is 3.26. The summed E-state index contributed by atoms with van der Waals surface area (Å²) in [6.07, 6.45) is 3.28. The maximum absolute atomic E-state index is 5.90. The molecule has 0 atom stereocenters. The van der Waals surface area contributed by atoms with Crippen LogP contribution in [0.5, 0.6) is 5.75 Å². The Labute approximate surface area is 206 Å². The summed E-state index contributed by atoms with van der Waals surface area (Å²) in [4.78, 5) is 13.3. The number of halogens is 1. The van der Waals surface area contributed by atoms with Crippen molar-refractivity contribution in [2.45, 2.75) is 40.2 Å². The summed E-state index contributed by atoms with van der Waals surface area (Å²) in [6.45, 7) is 8.82. The standard InChI is InChI=1S/C23H30N6O2.HI/c1-4-14-30-20-15-17(3)9-10-18(20)16-27-23(24-5-2)26-13-11-21-28-22(31-29-21)19-8-6-7-12-25-19;/h6-10,12,15H,4-5,11,13-14,16H2,1-3H3,(H2,24,26,27);1H. The second-order valence-corrected chi connectivity index (χ2v) is 7.06. The van der Waals surface area contributed by atoms with Crippen LogP contribution in [0.4, 0.5) is 0 Å². The van der Waals surface area contributed by atoms with Crippen molar-refractivity contribution in [1.29, 1.82) is 0 Å². The van der Waals surface area contributed by atoms with E-state index in [9.17, 15) is 0 Å². The third-order valence-corrected chi connectivity index (χ3v) is 4.43. The lowest BCUT2D eigenvalue weighted by molar-refractivity contribution is 0.314. The molecule has 0 unspecified atom stereocenters. The first-order chi connectivity index (χ1) is 15.2. The van der Waals surface area contributed by atoms with Crippen molar-refractivity contribution >= 4 is 29.9 Å². The van der Waals surface area contributed by atoms with Crippen molar-refractivity contribution in [1.82, 2.24) is 25.8 Å². The van der Waals surface area contributed by atoms with Crippen LogP contribution in [0.3, 0.4) is 0 Å². The molecule has 2 aromatic heterocycles. The zero-order valence-electron chi connectivity index (χ0n) is 18.8. The number of aliphatic imine (C=N–C) groups is 1. The van der Waals surface area contributed by atoms with Gasteiger partial charge in [0.15, 0.2) is 11.8 Å². The molecule has 3 rings (SSSR count). The normalized spacial score (nSPS) is 11.0. The molecule has 0 bridgehead atoms. The van der Waals surface area contributed by atoms with Crippen molar-refractivity contribution in [3.05, 3.63) is 59.5 Å². The van der Waals surface area contributed by atoms with Gasteiger partial charge in [0.05, 0.1) is 13.2 Å². The van der Waals surface area contributed by atoms with E-state index in [1.165, 1.54) is 5.56 Å². The fourth-order valence-electron chi connectivity index (χ4n) is 2.89. The summed E-state index contributed by atoms with van der Waals surface area (Å²) < 4.78 is 11.2. The van der Waals surface area contributed by atoms with Gasteiger partial charge in [-0.15, -0.1) is 24.0 Å². The highest BCUT2D eigenvalue weighted by atomic mass is 127. The molecule has 0 spiro atoms. The van der Waals surface area contributed by atoms with Crippen LogP contribution in [0, 0.1) is 6.92 Å². The van der Waals surface area contributed by atoms with Gasteiger partial charge in [-0.3, -0.25) is 4.98 Å². The van der Waals surface area contributed by atoms with Crippen LogP contribution < -0.4 is 15.4 Å². The maximum atomic E-state index is 5.90. The van der Waals surface area contributed by atoms with Crippen LogP contribution in [0.15, 0.2) is 52.1 Å². The smallest absolute Gasteiger partial charge is 0.276 e. The number of aromatic nitrogens is 3. The van der Waals surface area contributed by atoms with Gasteiger partial charge in [0.2, 0.25) is 0 Å². The third-order valence-electron chi connectivity index (χ3n) is 4.43. The Hall–Kier alpha value is -2.69. The lowest BCUT2D eigenvalue weighted by Crippen LogP contribution is -2.38. The molecule has 0 saturated heterocycles. The number of aryl methyl sites for hydroxylation is 1. The zero-order valence-corrected chi connectivity index (χ0v) is 21.1. The minimum Gasteiger partial charge on any atom is -0.493 e. The molecule has 8 nitrogen and oxygen atoms in total. The van der Waals surface area contributed by atoms with E-state index < -0.39 is 0 Å². The minimum absolute atomic E-state index is 0. The van der Waals surface area contributed by atoms with Gasteiger partial charge in [-0.25, -0.2) is 4.99 Å². The first kappa shape index (κ1) is 25.6. The van der Waals surface area contributed by atoms with Crippen LogP contribution in [0.25, 0.3) is 11.6 Å². The lowest BCUT2D eigenvalue weighted by Gasteiger charge is -2.13. The van der Waals surface area contributed by atoms with Crippen molar-refractivity contribution in [2.24, 2.45) is 4.99 Å². The van der Waals surface area contributed by atoms with Gasteiger partial charge in [-0.05, 0) is 44.0 Å². The molecule has 32 heavy (non-hydrogen) atoms. The van der Waals surface area contributed by atoms with E-state index in [1.807, 2.05) is 25.1 Å². The van der Waals surface area contributed by atoms with E-state index in [0.717, 1.165) is 30.2 Å². The molecule has 1 aromatic carbocycles. The van der Waals surface area contributed by atoms with Crippen LogP contribution in [0.2, 0.25) is 0 Å². The highest BCUT2D eigenvalue weighted by Crippen LogP contribution is 2.21. The molecular formula is C23H31IN6O2. The number of pyridine rings is 1. The Kier molecular flexibility index (Phi) is 10.9. The van der Waals surface area contributed by atoms with Gasteiger partial charge >= 0.3 is 0 Å². The largest absolute Gasteiger partial charge is 0.493 e. The summed E-state index contributed by atoms with van der Waals surface area (Å²) >= 11 is 0. The summed E-state index contributed by atoms with van der Waals surface area (Å²) in [7, 11) is 0. The number of hydrogen-bond donors (Lipinski definition) is 2. The van der Waals surface area contributed by atoms with Crippen LogP contribution >= 0.6 is 24.0 Å². The molecule has 2 N–H and O–H groups in total. The van der Waals surface area contributed by atoms with Crippen LogP contribution in [0.1, 0.15) is 37.2 Å². The first-order valence-corrected chi connectivity index (χ1v) is 10.7. The summed E-state index contributed by atoms with van der Waals surface area (Å²) in [5, 5.41) is 10.6. The molecule has 9 heteroatoms. The number of hydrogen-bond acceptors (Lipinski definition) is 6. The van der Waals surface area contributed by atoms with Crippen molar-refractivity contribution in [3.63, 3.8) is 0 Å². The quantitative estimate of drug-likeness (QED) is 0.223. The summed E-state index contributed by atoms with van der Waals surface area (Å²) in [6, 6.07) is 11.8. The zero-order chi connectivity index (χ0) is 21.9. The molecule has 0 aliphatic carbocycles.